The van der Waals surface area contributed by atoms with E-state index in [1.54, 1.807) is 6.07 Å². The van der Waals surface area contributed by atoms with Crippen molar-refractivity contribution in [2.24, 2.45) is 5.84 Å². The van der Waals surface area contributed by atoms with Crippen LogP contribution in [-0.4, -0.2) is 56.7 Å². The molecule has 1 heterocycles. The van der Waals surface area contributed by atoms with E-state index in [0.29, 0.717) is 0 Å². The summed E-state index contributed by atoms with van der Waals surface area (Å²) < 4.78 is 18.9. The van der Waals surface area contributed by atoms with Crippen molar-refractivity contribution in [1.82, 2.24) is 15.2 Å². The van der Waals surface area contributed by atoms with Crippen molar-refractivity contribution < 1.29 is 9.13 Å². The van der Waals surface area contributed by atoms with Gasteiger partial charge in [-0.3, -0.25) is 11.3 Å². The summed E-state index contributed by atoms with van der Waals surface area (Å²) in [5.74, 6) is 5.66. The minimum atomic E-state index is -0.361. The number of nitrogens with zero attached hydrogens (tertiary/aromatic N) is 2. The summed E-state index contributed by atoms with van der Waals surface area (Å²) in [6, 6.07) is 5.08. The van der Waals surface area contributed by atoms with E-state index in [4.69, 9.17) is 10.6 Å². The highest BCUT2D eigenvalue weighted by Gasteiger charge is 2.29. The molecule has 0 spiro atoms. The molecule has 2 unspecified atom stereocenters. The van der Waals surface area contributed by atoms with Gasteiger partial charge in [0.1, 0.15) is 0 Å². The van der Waals surface area contributed by atoms with E-state index in [9.17, 15) is 4.39 Å². The second-order valence-corrected chi connectivity index (χ2v) is 5.70. The maximum atomic E-state index is 14.0. The summed E-state index contributed by atoms with van der Waals surface area (Å²) in [4.78, 5) is 4.58. The molecule has 0 amide bonds. The Morgan fingerprint density at radius 2 is 2.14 bits per heavy atom. The fourth-order valence-corrected chi connectivity index (χ4v) is 2.97. The summed E-state index contributed by atoms with van der Waals surface area (Å²) >= 11 is 0. The lowest BCUT2D eigenvalue weighted by atomic mass is 9.98. The Labute approximate surface area is 125 Å². The Morgan fingerprint density at radius 1 is 1.38 bits per heavy atom. The highest BCUT2D eigenvalue weighted by Crippen LogP contribution is 2.26. The molecule has 1 saturated heterocycles. The van der Waals surface area contributed by atoms with Gasteiger partial charge in [0.15, 0.2) is 11.6 Å². The van der Waals surface area contributed by atoms with Gasteiger partial charge in [-0.25, -0.2) is 4.39 Å². The van der Waals surface area contributed by atoms with Gasteiger partial charge in [-0.05, 0) is 51.3 Å². The predicted molar refractivity (Wildman–Crippen MR) is 81.5 cm³/mol. The van der Waals surface area contributed by atoms with Gasteiger partial charge in [0, 0.05) is 12.6 Å². The number of hydrogen-bond donors (Lipinski definition) is 2. The Kier molecular flexibility index (Phi) is 5.52. The van der Waals surface area contributed by atoms with E-state index in [0.717, 1.165) is 31.6 Å². The second kappa shape index (κ2) is 7.17. The van der Waals surface area contributed by atoms with E-state index in [-0.39, 0.29) is 23.7 Å². The molecule has 0 saturated carbocycles. The zero-order valence-corrected chi connectivity index (χ0v) is 13.0. The highest BCUT2D eigenvalue weighted by molar-refractivity contribution is 5.31. The van der Waals surface area contributed by atoms with E-state index < -0.39 is 0 Å². The van der Waals surface area contributed by atoms with Gasteiger partial charge in [-0.2, -0.15) is 0 Å². The lowest BCUT2D eigenvalue weighted by Crippen LogP contribution is -2.48. The average Bonchev–Trinajstić information content (AvgIpc) is 2.62. The summed E-state index contributed by atoms with van der Waals surface area (Å²) in [6.45, 7) is 2.96. The van der Waals surface area contributed by atoms with Crippen molar-refractivity contribution in [2.45, 2.75) is 18.5 Å². The lowest BCUT2D eigenvalue weighted by Gasteiger charge is -2.34. The smallest absolute Gasteiger partial charge is 0.165 e. The molecule has 1 aliphatic heterocycles. The van der Waals surface area contributed by atoms with Gasteiger partial charge in [0.25, 0.3) is 0 Å². The summed E-state index contributed by atoms with van der Waals surface area (Å²) in [6.07, 6.45) is 1.12. The first-order chi connectivity index (χ1) is 10.1. The first kappa shape index (κ1) is 16.2. The van der Waals surface area contributed by atoms with Crippen LogP contribution in [0, 0.1) is 5.82 Å². The number of nitrogens with two attached hydrogens (primary N) is 1. The minimum absolute atomic E-state index is 0.129. The Hall–Kier alpha value is -1.21. The number of likely N-dealkylation sites (N-methyl/N-ethyl adjacent to an activating group) is 2. The van der Waals surface area contributed by atoms with Gasteiger partial charge in [-0.1, -0.05) is 6.07 Å². The molecule has 5 nitrogen and oxygen atoms in total. The molecule has 0 aromatic heterocycles. The molecule has 2 rings (SSSR count). The molecule has 1 aromatic rings. The van der Waals surface area contributed by atoms with Crippen molar-refractivity contribution in [3.05, 3.63) is 29.6 Å². The third-order valence-electron chi connectivity index (χ3n) is 4.21. The molecule has 6 heteroatoms. The van der Waals surface area contributed by atoms with Crippen molar-refractivity contribution in [2.75, 3.05) is 40.8 Å². The van der Waals surface area contributed by atoms with Crippen LogP contribution in [0.2, 0.25) is 0 Å². The molecule has 3 N–H and O–H groups in total. The van der Waals surface area contributed by atoms with Crippen molar-refractivity contribution in [1.29, 1.82) is 0 Å². The normalized spacial score (nSPS) is 22.8. The fraction of sp³-hybridized carbons (Fsp3) is 0.600. The number of nitrogens with one attached hydrogen (secondary N) is 1. The standard InChI is InChI=1S/C15H25FN4O/c1-19-7-4-8-20(2)13(10-19)15(18-17)11-5-6-14(21-3)12(16)9-11/h5-6,9,13,15,18H,4,7-8,10,17H2,1-3H3. The van der Waals surface area contributed by atoms with E-state index in [1.165, 1.54) is 13.2 Å². The average molecular weight is 296 g/mol. The molecule has 21 heavy (non-hydrogen) atoms. The number of methoxy groups -OCH3 is 1. The van der Waals surface area contributed by atoms with Crippen LogP contribution in [0.5, 0.6) is 5.75 Å². The number of halogens is 1. The molecule has 0 bridgehead atoms. The van der Waals surface area contributed by atoms with Crippen LogP contribution in [0.4, 0.5) is 4.39 Å². The van der Waals surface area contributed by atoms with Crippen LogP contribution in [0.3, 0.4) is 0 Å². The molecular formula is C15H25FN4O. The summed E-state index contributed by atoms with van der Waals surface area (Å²) in [5, 5.41) is 0. The Balaban J connectivity index is 2.26. The SMILES string of the molecule is COc1ccc(C(NN)C2CN(C)CCCN2C)cc1F. The molecule has 0 aliphatic carbocycles. The van der Waals surface area contributed by atoms with Crippen LogP contribution in [0.25, 0.3) is 0 Å². The third kappa shape index (κ3) is 3.71. The summed E-state index contributed by atoms with van der Waals surface area (Å²) in [5.41, 5.74) is 3.69. The number of hydrazine groups is 1. The number of ether oxygens (including phenoxy) is 1. The van der Waals surface area contributed by atoms with E-state index in [1.807, 2.05) is 6.07 Å². The van der Waals surface area contributed by atoms with E-state index >= 15 is 0 Å². The molecule has 1 fully saturated rings. The second-order valence-electron chi connectivity index (χ2n) is 5.70. The van der Waals surface area contributed by atoms with E-state index in [2.05, 4.69) is 29.3 Å². The van der Waals surface area contributed by atoms with Gasteiger partial charge < -0.3 is 14.5 Å². The fourth-order valence-electron chi connectivity index (χ4n) is 2.97. The molecule has 118 valence electrons. The first-order valence-electron chi connectivity index (χ1n) is 7.25. The number of hydrogen-bond acceptors (Lipinski definition) is 5. The Bertz CT molecular complexity index is 471. The maximum Gasteiger partial charge on any atom is 0.165 e. The largest absolute Gasteiger partial charge is 0.494 e. The van der Waals surface area contributed by atoms with Gasteiger partial charge >= 0.3 is 0 Å². The third-order valence-corrected chi connectivity index (χ3v) is 4.21. The molecule has 0 radical (unpaired) electrons. The molecular weight excluding hydrogens is 271 g/mol. The molecule has 1 aromatic carbocycles. The number of benzene rings is 1. The van der Waals surface area contributed by atoms with Crippen molar-refractivity contribution in [3.63, 3.8) is 0 Å². The topological polar surface area (TPSA) is 53.8 Å². The van der Waals surface area contributed by atoms with Gasteiger partial charge in [0.05, 0.1) is 13.2 Å². The maximum absolute atomic E-state index is 14.0. The summed E-state index contributed by atoms with van der Waals surface area (Å²) in [7, 11) is 5.66. The zero-order valence-electron chi connectivity index (χ0n) is 13.0. The van der Waals surface area contributed by atoms with Crippen LogP contribution < -0.4 is 16.0 Å². The first-order valence-corrected chi connectivity index (χ1v) is 7.25. The predicted octanol–water partition coefficient (Wildman–Crippen LogP) is 0.975. The van der Waals surface area contributed by atoms with Crippen LogP contribution >= 0.6 is 0 Å². The Morgan fingerprint density at radius 3 is 2.76 bits per heavy atom. The minimum Gasteiger partial charge on any atom is -0.494 e. The van der Waals surface area contributed by atoms with Gasteiger partial charge in [0.2, 0.25) is 0 Å². The van der Waals surface area contributed by atoms with Crippen molar-refractivity contribution in [3.8, 4) is 5.75 Å². The highest BCUT2D eigenvalue weighted by atomic mass is 19.1. The quantitative estimate of drug-likeness (QED) is 0.641. The molecule has 1 aliphatic rings. The monoisotopic (exact) mass is 296 g/mol. The lowest BCUT2D eigenvalue weighted by molar-refractivity contribution is 0.178. The van der Waals surface area contributed by atoms with Crippen LogP contribution in [-0.2, 0) is 0 Å². The molecule has 2 atom stereocenters. The van der Waals surface area contributed by atoms with Crippen LogP contribution in [0.15, 0.2) is 18.2 Å². The van der Waals surface area contributed by atoms with Crippen molar-refractivity contribution >= 4 is 0 Å². The van der Waals surface area contributed by atoms with Gasteiger partial charge in [-0.15, -0.1) is 0 Å². The zero-order chi connectivity index (χ0) is 15.4. The number of rotatable bonds is 4. The van der Waals surface area contributed by atoms with Crippen LogP contribution in [0.1, 0.15) is 18.0 Å².